The molecule has 9 heteroatoms. The topological polar surface area (TPSA) is 102 Å². The van der Waals surface area contributed by atoms with Crippen molar-refractivity contribution in [2.75, 3.05) is 26.1 Å². The van der Waals surface area contributed by atoms with Crippen LogP contribution in [0.5, 0.6) is 5.75 Å². The number of sulfonamides is 1. The summed E-state index contributed by atoms with van der Waals surface area (Å²) in [6.45, 7) is -0.383. The average Bonchev–Trinajstić information content (AvgIpc) is 2.84. The Hall–Kier alpha value is -3.69. The lowest BCUT2D eigenvalue weighted by atomic mass is 10.2. The molecular weight excluding hydrogens is 444 g/mol. The van der Waals surface area contributed by atoms with E-state index in [1.54, 1.807) is 48.5 Å². The maximum atomic E-state index is 13.3. The molecule has 33 heavy (non-hydrogen) atoms. The van der Waals surface area contributed by atoms with Crippen molar-refractivity contribution in [2.24, 2.45) is 0 Å². The second-order valence-corrected chi connectivity index (χ2v) is 8.99. The highest BCUT2D eigenvalue weighted by Crippen LogP contribution is 2.21. The molecule has 1 amide bonds. The second kappa shape index (κ2) is 10.8. The number of nitrogens with zero attached hydrogens (tertiary/aromatic N) is 1. The van der Waals surface area contributed by atoms with Crippen molar-refractivity contribution in [2.45, 2.75) is 11.4 Å². The fourth-order valence-electron chi connectivity index (χ4n) is 3.08. The van der Waals surface area contributed by atoms with E-state index in [-0.39, 0.29) is 11.4 Å². The maximum absolute atomic E-state index is 13.3. The lowest BCUT2D eigenvalue weighted by molar-refractivity contribution is -0.116. The Morgan fingerprint density at radius 3 is 2.09 bits per heavy atom. The molecule has 0 aliphatic rings. The highest BCUT2D eigenvalue weighted by Gasteiger charge is 2.27. The number of esters is 1. The van der Waals surface area contributed by atoms with Crippen LogP contribution in [-0.4, -0.2) is 45.4 Å². The average molecular weight is 469 g/mol. The van der Waals surface area contributed by atoms with Crippen molar-refractivity contribution >= 4 is 27.6 Å². The summed E-state index contributed by atoms with van der Waals surface area (Å²) in [5.74, 6) is -0.488. The van der Waals surface area contributed by atoms with Gasteiger partial charge in [-0.05, 0) is 54.1 Å². The van der Waals surface area contributed by atoms with E-state index in [2.05, 4.69) is 10.1 Å². The number of carbonyl (C=O) groups is 2. The van der Waals surface area contributed by atoms with Crippen molar-refractivity contribution in [3.8, 4) is 5.75 Å². The Kier molecular flexibility index (Phi) is 7.81. The number of nitrogens with one attached hydrogen (secondary N) is 1. The Bertz CT molecular complexity index is 1190. The second-order valence-electron chi connectivity index (χ2n) is 7.05. The highest BCUT2D eigenvalue weighted by molar-refractivity contribution is 7.89. The van der Waals surface area contributed by atoms with Gasteiger partial charge in [0.05, 0.1) is 31.2 Å². The fourth-order valence-corrected chi connectivity index (χ4v) is 4.46. The van der Waals surface area contributed by atoms with Gasteiger partial charge >= 0.3 is 5.97 Å². The minimum atomic E-state index is -3.98. The number of hydrogen-bond acceptors (Lipinski definition) is 6. The first-order chi connectivity index (χ1) is 15.8. The standard InChI is InChI=1S/C24H24N2O6S/c1-31-21-12-14-22(15-13-21)33(29,30)26(16-18-6-4-3-5-7-18)17-23(27)25-20-10-8-19(9-11-20)24(28)32-2/h3-15H,16-17H2,1-2H3,(H,25,27). The largest absolute Gasteiger partial charge is 0.497 e. The summed E-state index contributed by atoms with van der Waals surface area (Å²) in [4.78, 5) is 24.3. The molecule has 0 atom stereocenters. The Labute approximate surface area is 192 Å². The van der Waals surface area contributed by atoms with Gasteiger partial charge in [0.1, 0.15) is 5.75 Å². The molecule has 3 rings (SSSR count). The zero-order chi connectivity index (χ0) is 23.8. The molecule has 3 aromatic carbocycles. The number of hydrogen-bond donors (Lipinski definition) is 1. The number of methoxy groups -OCH3 is 2. The van der Waals surface area contributed by atoms with E-state index in [0.717, 1.165) is 9.87 Å². The van der Waals surface area contributed by atoms with Crippen LogP contribution in [0.2, 0.25) is 0 Å². The number of anilines is 1. The molecule has 0 saturated heterocycles. The number of carbonyl (C=O) groups excluding carboxylic acids is 2. The van der Waals surface area contributed by atoms with E-state index in [1.807, 2.05) is 6.07 Å². The molecule has 0 unspecified atom stereocenters. The number of ether oxygens (including phenoxy) is 2. The van der Waals surface area contributed by atoms with Gasteiger partial charge in [-0.15, -0.1) is 0 Å². The quantitative estimate of drug-likeness (QED) is 0.484. The van der Waals surface area contributed by atoms with Crippen LogP contribution in [0.25, 0.3) is 0 Å². The zero-order valence-electron chi connectivity index (χ0n) is 18.2. The van der Waals surface area contributed by atoms with E-state index in [1.165, 1.54) is 38.5 Å². The molecule has 0 fully saturated rings. The van der Waals surface area contributed by atoms with Gasteiger partial charge < -0.3 is 14.8 Å². The first-order valence-corrected chi connectivity index (χ1v) is 11.4. The van der Waals surface area contributed by atoms with Gasteiger partial charge in [-0.2, -0.15) is 4.31 Å². The van der Waals surface area contributed by atoms with Gasteiger partial charge in [0.25, 0.3) is 0 Å². The van der Waals surface area contributed by atoms with Crippen LogP contribution >= 0.6 is 0 Å². The molecule has 0 radical (unpaired) electrons. The molecule has 1 N–H and O–H groups in total. The van der Waals surface area contributed by atoms with Crippen LogP contribution in [0.1, 0.15) is 15.9 Å². The first-order valence-electron chi connectivity index (χ1n) is 10.00. The Morgan fingerprint density at radius 1 is 0.879 bits per heavy atom. The van der Waals surface area contributed by atoms with E-state index in [0.29, 0.717) is 17.0 Å². The fraction of sp³-hybridized carbons (Fsp3) is 0.167. The summed E-state index contributed by atoms with van der Waals surface area (Å²) >= 11 is 0. The monoisotopic (exact) mass is 468 g/mol. The van der Waals surface area contributed by atoms with Gasteiger partial charge in [-0.1, -0.05) is 30.3 Å². The summed E-state index contributed by atoms with van der Waals surface area (Å²) in [6, 6.07) is 21.1. The molecule has 3 aromatic rings. The first kappa shape index (κ1) is 24.0. The van der Waals surface area contributed by atoms with Crippen molar-refractivity contribution in [1.82, 2.24) is 4.31 Å². The summed E-state index contributed by atoms with van der Waals surface area (Å²) in [7, 11) is -1.20. The van der Waals surface area contributed by atoms with Crippen LogP contribution in [0, 0.1) is 0 Å². The van der Waals surface area contributed by atoms with Crippen molar-refractivity contribution < 1.29 is 27.5 Å². The maximum Gasteiger partial charge on any atom is 0.337 e. The third kappa shape index (κ3) is 6.18. The molecule has 0 bridgehead atoms. The van der Waals surface area contributed by atoms with Crippen molar-refractivity contribution in [3.05, 3.63) is 90.0 Å². The Balaban J connectivity index is 1.81. The normalized spacial score (nSPS) is 11.1. The molecule has 8 nitrogen and oxygen atoms in total. The van der Waals surface area contributed by atoms with E-state index in [9.17, 15) is 18.0 Å². The lowest BCUT2D eigenvalue weighted by Crippen LogP contribution is -2.37. The number of amides is 1. The predicted octanol–water partition coefficient (Wildman–Crippen LogP) is 3.31. The molecule has 0 aliphatic heterocycles. The smallest absolute Gasteiger partial charge is 0.337 e. The van der Waals surface area contributed by atoms with Crippen LogP contribution in [0.15, 0.2) is 83.8 Å². The zero-order valence-corrected chi connectivity index (χ0v) is 19.0. The van der Waals surface area contributed by atoms with E-state index in [4.69, 9.17) is 4.74 Å². The van der Waals surface area contributed by atoms with Gasteiger partial charge in [-0.25, -0.2) is 13.2 Å². The molecule has 0 aromatic heterocycles. The van der Waals surface area contributed by atoms with E-state index >= 15 is 0 Å². The Morgan fingerprint density at radius 2 is 1.52 bits per heavy atom. The van der Waals surface area contributed by atoms with E-state index < -0.39 is 28.4 Å². The van der Waals surface area contributed by atoms with Gasteiger partial charge in [-0.3, -0.25) is 4.79 Å². The van der Waals surface area contributed by atoms with Gasteiger partial charge in [0, 0.05) is 12.2 Å². The predicted molar refractivity (Wildman–Crippen MR) is 123 cm³/mol. The number of rotatable bonds is 9. The SMILES string of the molecule is COC(=O)c1ccc(NC(=O)CN(Cc2ccccc2)S(=O)(=O)c2ccc(OC)cc2)cc1. The third-order valence-electron chi connectivity index (χ3n) is 4.81. The van der Waals surface area contributed by atoms with Gasteiger partial charge in [0.15, 0.2) is 0 Å². The van der Waals surface area contributed by atoms with Crippen LogP contribution < -0.4 is 10.1 Å². The summed E-state index contributed by atoms with van der Waals surface area (Å²) in [6.07, 6.45) is 0. The molecule has 0 saturated carbocycles. The van der Waals surface area contributed by atoms with Crippen molar-refractivity contribution in [3.63, 3.8) is 0 Å². The number of benzene rings is 3. The minimum absolute atomic E-state index is 0.0178. The van der Waals surface area contributed by atoms with Gasteiger partial charge in [0.2, 0.25) is 15.9 Å². The molecule has 172 valence electrons. The van der Waals surface area contributed by atoms with Crippen molar-refractivity contribution in [1.29, 1.82) is 0 Å². The molecule has 0 aliphatic carbocycles. The highest BCUT2D eigenvalue weighted by atomic mass is 32.2. The lowest BCUT2D eigenvalue weighted by Gasteiger charge is -2.22. The third-order valence-corrected chi connectivity index (χ3v) is 6.61. The summed E-state index contributed by atoms with van der Waals surface area (Å²) in [5.41, 5.74) is 1.50. The summed E-state index contributed by atoms with van der Waals surface area (Å²) < 4.78 is 37.5. The summed E-state index contributed by atoms with van der Waals surface area (Å²) in [5, 5.41) is 2.67. The molecule has 0 heterocycles. The van der Waals surface area contributed by atoms with Crippen LogP contribution in [0.4, 0.5) is 5.69 Å². The molecular formula is C24H24N2O6S. The van der Waals surface area contributed by atoms with Crippen LogP contribution in [-0.2, 0) is 26.1 Å². The van der Waals surface area contributed by atoms with Crippen LogP contribution in [0.3, 0.4) is 0 Å². The minimum Gasteiger partial charge on any atom is -0.497 e. The molecule has 0 spiro atoms.